The fourth-order valence-electron chi connectivity index (χ4n) is 2.63. The molecule has 0 unspecified atom stereocenters. The van der Waals surface area contributed by atoms with E-state index in [9.17, 15) is 0 Å². The van der Waals surface area contributed by atoms with Gasteiger partial charge in [-0.2, -0.15) is 0 Å². The largest absolute Gasteiger partial charge is 0.317 e. The Kier molecular flexibility index (Phi) is 55.8. The van der Waals surface area contributed by atoms with Gasteiger partial charge in [0.25, 0.3) is 0 Å². The Morgan fingerprint density at radius 1 is 0.333 bits per heavy atom. The molecule has 172 valence electrons. The molecule has 0 amide bonds. The number of nitrogens with one attached hydrogen (secondary N) is 4. The average Bonchev–Trinajstić information content (AvgIpc) is 2.57. The van der Waals surface area contributed by atoms with E-state index in [0.29, 0.717) is 0 Å². The fraction of sp³-hybridized carbons (Fsp3) is 1.00. The molecule has 0 aliphatic heterocycles. The smallest absolute Gasteiger partial charge is 0.00484 e. The third-order valence-corrected chi connectivity index (χ3v) is 4.12. The van der Waals surface area contributed by atoms with Gasteiger partial charge in [0.05, 0.1) is 0 Å². The number of hydrogen-bond donors (Lipinski definition) is 4. The summed E-state index contributed by atoms with van der Waals surface area (Å²) in [4.78, 5) is 0. The van der Waals surface area contributed by atoms with Gasteiger partial charge in [0.2, 0.25) is 0 Å². The number of rotatable bonds is 20. The van der Waals surface area contributed by atoms with Gasteiger partial charge in [-0.15, -0.1) is 67.9 Å². The van der Waals surface area contributed by atoms with Gasteiger partial charge < -0.3 is 21.3 Å². The van der Waals surface area contributed by atoms with Crippen LogP contribution in [0.2, 0.25) is 0 Å². The number of unbranched alkanes of at least 4 members (excludes halogenated alkanes) is 6. The SMILES string of the molecule is Br.Br.Br.Br.CCNCCCCNCCCCCCCNCCCCNCC. The number of hydrogen-bond acceptors (Lipinski definition) is 4. The second-order valence-electron chi connectivity index (χ2n) is 6.39. The summed E-state index contributed by atoms with van der Waals surface area (Å²) < 4.78 is 0. The first-order valence-electron chi connectivity index (χ1n) is 10.2. The summed E-state index contributed by atoms with van der Waals surface area (Å²) in [5, 5.41) is 13.8. The zero-order chi connectivity index (χ0) is 16.8. The summed E-state index contributed by atoms with van der Waals surface area (Å²) >= 11 is 0. The molecule has 0 atom stereocenters. The van der Waals surface area contributed by atoms with Crippen molar-refractivity contribution in [1.29, 1.82) is 0 Å². The molecule has 0 aliphatic rings. The molecule has 0 saturated heterocycles. The molecule has 0 aliphatic carbocycles. The van der Waals surface area contributed by atoms with E-state index >= 15 is 0 Å². The minimum Gasteiger partial charge on any atom is -0.317 e. The molecule has 0 heterocycles. The highest BCUT2D eigenvalue weighted by molar-refractivity contribution is 8.93. The van der Waals surface area contributed by atoms with Crippen molar-refractivity contribution < 1.29 is 0 Å². The van der Waals surface area contributed by atoms with Gasteiger partial charge >= 0.3 is 0 Å². The van der Waals surface area contributed by atoms with Crippen molar-refractivity contribution in [3.63, 3.8) is 0 Å². The molecule has 27 heavy (non-hydrogen) atoms. The lowest BCUT2D eigenvalue weighted by atomic mass is 10.1. The molecule has 0 aromatic heterocycles. The topological polar surface area (TPSA) is 48.1 Å². The maximum absolute atomic E-state index is 3.56. The van der Waals surface area contributed by atoms with Gasteiger partial charge in [-0.25, -0.2) is 0 Å². The van der Waals surface area contributed by atoms with Crippen LogP contribution < -0.4 is 21.3 Å². The quantitative estimate of drug-likeness (QED) is 0.137. The Labute approximate surface area is 212 Å². The molecule has 4 nitrogen and oxygen atoms in total. The van der Waals surface area contributed by atoms with E-state index in [1.807, 2.05) is 0 Å². The second kappa shape index (κ2) is 38.4. The van der Waals surface area contributed by atoms with E-state index in [2.05, 4.69) is 35.1 Å². The second-order valence-corrected chi connectivity index (χ2v) is 6.39. The van der Waals surface area contributed by atoms with E-state index in [1.165, 1.54) is 97.1 Å². The zero-order valence-electron chi connectivity index (χ0n) is 17.7. The Morgan fingerprint density at radius 2 is 0.556 bits per heavy atom. The molecule has 0 radical (unpaired) electrons. The molecule has 0 aromatic rings. The fourth-order valence-corrected chi connectivity index (χ4v) is 2.63. The van der Waals surface area contributed by atoms with Crippen molar-refractivity contribution in [2.24, 2.45) is 0 Å². The van der Waals surface area contributed by atoms with Gasteiger partial charge in [-0.3, -0.25) is 0 Å². The molecule has 4 N–H and O–H groups in total. The molecular weight excluding hydrogens is 604 g/mol. The van der Waals surface area contributed by atoms with E-state index in [0.717, 1.165) is 13.1 Å². The summed E-state index contributed by atoms with van der Waals surface area (Å²) in [5.74, 6) is 0. The molecule has 0 spiro atoms. The first kappa shape index (κ1) is 39.3. The third kappa shape index (κ3) is 38.9. The van der Waals surface area contributed by atoms with Crippen LogP contribution in [0.4, 0.5) is 0 Å². The Morgan fingerprint density at radius 3 is 0.852 bits per heavy atom. The van der Waals surface area contributed by atoms with Crippen molar-refractivity contribution in [2.45, 2.75) is 71.6 Å². The van der Waals surface area contributed by atoms with E-state index in [-0.39, 0.29) is 67.9 Å². The van der Waals surface area contributed by atoms with Crippen molar-refractivity contribution in [2.75, 3.05) is 52.4 Å². The Balaban J connectivity index is -0.000000403. The lowest BCUT2D eigenvalue weighted by molar-refractivity contribution is 0.535. The van der Waals surface area contributed by atoms with E-state index < -0.39 is 0 Å². The van der Waals surface area contributed by atoms with Gasteiger partial charge in [0.1, 0.15) is 0 Å². The summed E-state index contributed by atoms with van der Waals surface area (Å²) in [7, 11) is 0. The minimum atomic E-state index is 0. The molecule has 0 aromatic carbocycles. The monoisotopic (exact) mass is 648 g/mol. The first-order chi connectivity index (χ1) is 11.4. The molecule has 0 rings (SSSR count). The standard InChI is InChI=1S/C19H44N4.4BrH/c1-3-20-14-10-12-18-22-16-8-6-5-7-9-17-23-19-13-11-15-21-4-2;;;;/h20-23H,3-19H2,1-2H3;4*1H. The molecule has 0 fully saturated rings. The summed E-state index contributed by atoms with van der Waals surface area (Å²) in [5.41, 5.74) is 0. The highest BCUT2D eigenvalue weighted by Gasteiger charge is 1.93. The van der Waals surface area contributed by atoms with Crippen LogP contribution in [-0.2, 0) is 0 Å². The summed E-state index contributed by atoms with van der Waals surface area (Å²) in [6, 6.07) is 0. The molecule has 8 heteroatoms. The van der Waals surface area contributed by atoms with Crippen LogP contribution >= 0.6 is 67.9 Å². The average molecular weight is 652 g/mol. The summed E-state index contributed by atoms with van der Waals surface area (Å²) in [6.45, 7) is 13.6. The normalized spacial score (nSPS) is 9.56. The van der Waals surface area contributed by atoms with Gasteiger partial charge in [-0.1, -0.05) is 33.1 Å². The summed E-state index contributed by atoms with van der Waals surface area (Å²) in [6.07, 6.45) is 12.0. The van der Waals surface area contributed by atoms with Crippen LogP contribution in [0.3, 0.4) is 0 Å². The van der Waals surface area contributed by atoms with E-state index in [4.69, 9.17) is 0 Å². The van der Waals surface area contributed by atoms with Gasteiger partial charge in [-0.05, 0) is 90.9 Å². The first-order valence-corrected chi connectivity index (χ1v) is 10.2. The maximum atomic E-state index is 3.56. The highest BCUT2D eigenvalue weighted by atomic mass is 79.9. The minimum absolute atomic E-state index is 0. The van der Waals surface area contributed by atoms with Gasteiger partial charge in [0.15, 0.2) is 0 Å². The van der Waals surface area contributed by atoms with Crippen molar-refractivity contribution >= 4 is 67.9 Å². The van der Waals surface area contributed by atoms with Crippen molar-refractivity contribution in [3.05, 3.63) is 0 Å². The molecule has 0 bridgehead atoms. The van der Waals surface area contributed by atoms with E-state index in [1.54, 1.807) is 0 Å². The maximum Gasteiger partial charge on any atom is -0.00484 e. The third-order valence-electron chi connectivity index (χ3n) is 4.12. The molecular formula is C19H48Br4N4. The van der Waals surface area contributed by atoms with Crippen LogP contribution in [0, 0.1) is 0 Å². The van der Waals surface area contributed by atoms with Gasteiger partial charge in [0, 0.05) is 0 Å². The van der Waals surface area contributed by atoms with Crippen molar-refractivity contribution in [1.82, 2.24) is 21.3 Å². The molecule has 0 saturated carbocycles. The van der Waals surface area contributed by atoms with Crippen LogP contribution in [0.5, 0.6) is 0 Å². The Bertz CT molecular complexity index is 196. The lowest BCUT2D eigenvalue weighted by Gasteiger charge is -2.06. The number of halogens is 4. The zero-order valence-corrected chi connectivity index (χ0v) is 24.5. The highest BCUT2D eigenvalue weighted by Crippen LogP contribution is 2.01. The lowest BCUT2D eigenvalue weighted by Crippen LogP contribution is -2.20. The van der Waals surface area contributed by atoms with Crippen LogP contribution in [-0.4, -0.2) is 52.4 Å². The van der Waals surface area contributed by atoms with Crippen LogP contribution in [0.15, 0.2) is 0 Å². The predicted octanol–water partition coefficient (Wildman–Crippen LogP) is 5.21. The predicted molar refractivity (Wildman–Crippen MR) is 146 cm³/mol. The van der Waals surface area contributed by atoms with Crippen molar-refractivity contribution in [3.8, 4) is 0 Å². The Hall–Kier alpha value is 1.76. The van der Waals surface area contributed by atoms with Crippen LogP contribution in [0.25, 0.3) is 0 Å². The van der Waals surface area contributed by atoms with Crippen LogP contribution in [0.1, 0.15) is 71.6 Å².